The molecule has 134 valence electrons. The quantitative estimate of drug-likeness (QED) is 0.817. The third kappa shape index (κ3) is 4.80. The highest BCUT2D eigenvalue weighted by Gasteiger charge is 2.37. The predicted molar refractivity (Wildman–Crippen MR) is 84.8 cm³/mol. The van der Waals surface area contributed by atoms with Gasteiger partial charge < -0.3 is 5.73 Å². The third-order valence-electron chi connectivity index (χ3n) is 3.39. The molecule has 0 bridgehead atoms. The van der Waals surface area contributed by atoms with Crippen LogP contribution in [0.5, 0.6) is 0 Å². The summed E-state index contributed by atoms with van der Waals surface area (Å²) in [5, 5.41) is 0. The molecule has 0 spiro atoms. The van der Waals surface area contributed by atoms with Crippen molar-refractivity contribution < 1.29 is 26.4 Å². The number of sulfonamides is 1. The molecule has 0 radical (unpaired) electrons. The number of hydrogen-bond donors (Lipinski definition) is 2. The molecule has 0 aliphatic carbocycles. The summed E-state index contributed by atoms with van der Waals surface area (Å²) in [6.45, 7) is 0. The van der Waals surface area contributed by atoms with Crippen LogP contribution in [0.1, 0.15) is 23.6 Å². The van der Waals surface area contributed by atoms with Gasteiger partial charge in [0.25, 0.3) is 0 Å². The molecule has 1 amide bonds. The summed E-state index contributed by atoms with van der Waals surface area (Å²) in [5.74, 6) is -0.791. The molecule has 0 aliphatic rings. The summed E-state index contributed by atoms with van der Waals surface area (Å²) in [7, 11) is -4.54. The standard InChI is InChI=1S/C16H15F3N2O3S/c17-16(18,19)12-8-4-5-9-14(12)25(23,24)21-13(10-15(20)22)11-6-2-1-3-7-11/h1-9,13,21H,10H2,(H2,20,22). The maximum absolute atomic E-state index is 13.1. The first-order valence-electron chi connectivity index (χ1n) is 7.13. The van der Waals surface area contributed by atoms with Gasteiger partial charge in [-0.3, -0.25) is 4.79 Å². The number of alkyl halides is 3. The third-order valence-corrected chi connectivity index (χ3v) is 4.92. The summed E-state index contributed by atoms with van der Waals surface area (Å²) in [6, 6.07) is 10.7. The molecule has 25 heavy (non-hydrogen) atoms. The Bertz CT molecular complexity index is 852. The molecule has 0 saturated heterocycles. The molecule has 5 nitrogen and oxygen atoms in total. The molecule has 2 aromatic rings. The van der Waals surface area contributed by atoms with Gasteiger partial charge in [-0.2, -0.15) is 13.2 Å². The fourth-order valence-corrected chi connectivity index (χ4v) is 3.75. The van der Waals surface area contributed by atoms with Crippen LogP contribution in [0, 0.1) is 0 Å². The Morgan fingerprint density at radius 2 is 1.60 bits per heavy atom. The number of hydrogen-bond acceptors (Lipinski definition) is 3. The van der Waals surface area contributed by atoms with Crippen molar-refractivity contribution in [3.63, 3.8) is 0 Å². The molecule has 0 heterocycles. The minimum atomic E-state index is -4.84. The fraction of sp³-hybridized carbons (Fsp3) is 0.188. The summed E-state index contributed by atoms with van der Waals surface area (Å²) in [5.41, 5.74) is 4.26. The van der Waals surface area contributed by atoms with Gasteiger partial charge in [0.15, 0.2) is 0 Å². The van der Waals surface area contributed by atoms with E-state index in [0.29, 0.717) is 11.6 Å². The molecular formula is C16H15F3N2O3S. The maximum Gasteiger partial charge on any atom is 0.417 e. The van der Waals surface area contributed by atoms with E-state index in [4.69, 9.17) is 5.73 Å². The van der Waals surface area contributed by atoms with Crippen molar-refractivity contribution >= 4 is 15.9 Å². The molecule has 2 aromatic carbocycles. The maximum atomic E-state index is 13.1. The Morgan fingerprint density at radius 3 is 2.16 bits per heavy atom. The van der Waals surface area contributed by atoms with E-state index in [1.807, 2.05) is 0 Å². The topological polar surface area (TPSA) is 89.3 Å². The average Bonchev–Trinajstić information content (AvgIpc) is 2.54. The van der Waals surface area contributed by atoms with Gasteiger partial charge in [-0.1, -0.05) is 42.5 Å². The van der Waals surface area contributed by atoms with E-state index < -0.39 is 45.0 Å². The number of carbonyl (C=O) groups excluding carboxylic acids is 1. The molecule has 0 saturated carbocycles. The first-order valence-corrected chi connectivity index (χ1v) is 8.61. The number of nitrogens with one attached hydrogen (secondary N) is 1. The number of carbonyl (C=O) groups is 1. The minimum absolute atomic E-state index is 0.391. The van der Waals surface area contributed by atoms with Crippen LogP contribution in [0.15, 0.2) is 59.5 Å². The SMILES string of the molecule is NC(=O)CC(NS(=O)(=O)c1ccccc1C(F)(F)F)c1ccccc1. The van der Waals surface area contributed by atoms with Gasteiger partial charge in [0.2, 0.25) is 15.9 Å². The van der Waals surface area contributed by atoms with Gasteiger partial charge in [-0.15, -0.1) is 0 Å². The Kier molecular flexibility index (Phi) is 5.48. The lowest BCUT2D eigenvalue weighted by Gasteiger charge is -2.20. The molecule has 0 aromatic heterocycles. The molecule has 0 fully saturated rings. The Morgan fingerprint density at radius 1 is 1.04 bits per heavy atom. The van der Waals surface area contributed by atoms with E-state index in [0.717, 1.165) is 12.1 Å². The molecule has 1 atom stereocenters. The molecule has 9 heteroatoms. The molecular weight excluding hydrogens is 357 g/mol. The second-order valence-electron chi connectivity index (χ2n) is 5.25. The van der Waals surface area contributed by atoms with E-state index in [2.05, 4.69) is 4.72 Å². The highest BCUT2D eigenvalue weighted by Crippen LogP contribution is 2.34. The number of primary amides is 1. The molecule has 1 unspecified atom stereocenters. The summed E-state index contributed by atoms with van der Waals surface area (Å²) < 4.78 is 66.4. The van der Waals surface area contributed by atoms with Crippen molar-refractivity contribution in [2.45, 2.75) is 23.5 Å². The first-order chi connectivity index (χ1) is 11.6. The van der Waals surface area contributed by atoms with Crippen LogP contribution in [-0.2, 0) is 21.0 Å². The predicted octanol–water partition coefficient (Wildman–Crippen LogP) is 2.60. The summed E-state index contributed by atoms with van der Waals surface area (Å²) >= 11 is 0. The zero-order valence-electron chi connectivity index (χ0n) is 12.8. The smallest absolute Gasteiger partial charge is 0.370 e. The Hall–Kier alpha value is -2.39. The van der Waals surface area contributed by atoms with Crippen LogP contribution >= 0.6 is 0 Å². The number of nitrogens with two attached hydrogens (primary N) is 1. The summed E-state index contributed by atoms with van der Waals surface area (Å²) in [6.07, 6.45) is -5.23. The normalized spacial score (nSPS) is 13.4. The zero-order valence-corrected chi connectivity index (χ0v) is 13.6. The van der Waals surface area contributed by atoms with Crippen LogP contribution < -0.4 is 10.5 Å². The van der Waals surface area contributed by atoms with Gasteiger partial charge in [0.05, 0.1) is 16.5 Å². The van der Waals surface area contributed by atoms with Crippen molar-refractivity contribution in [1.82, 2.24) is 4.72 Å². The summed E-state index contributed by atoms with van der Waals surface area (Å²) in [4.78, 5) is 10.3. The van der Waals surface area contributed by atoms with Crippen molar-refractivity contribution in [2.24, 2.45) is 5.73 Å². The van der Waals surface area contributed by atoms with Crippen LogP contribution in [-0.4, -0.2) is 14.3 Å². The zero-order chi connectivity index (χ0) is 18.7. The van der Waals surface area contributed by atoms with Crippen molar-refractivity contribution in [2.75, 3.05) is 0 Å². The van der Waals surface area contributed by atoms with E-state index in [1.54, 1.807) is 30.3 Å². The van der Waals surface area contributed by atoms with Gasteiger partial charge >= 0.3 is 6.18 Å². The van der Waals surface area contributed by atoms with E-state index in [9.17, 15) is 26.4 Å². The van der Waals surface area contributed by atoms with Crippen LogP contribution in [0.3, 0.4) is 0 Å². The average molecular weight is 372 g/mol. The molecule has 2 rings (SSSR count). The highest BCUT2D eigenvalue weighted by molar-refractivity contribution is 7.89. The molecule has 3 N–H and O–H groups in total. The lowest BCUT2D eigenvalue weighted by Crippen LogP contribution is -2.33. The molecule has 0 aliphatic heterocycles. The number of benzene rings is 2. The van der Waals surface area contributed by atoms with E-state index in [-0.39, 0.29) is 0 Å². The van der Waals surface area contributed by atoms with Crippen molar-refractivity contribution in [3.05, 3.63) is 65.7 Å². The van der Waals surface area contributed by atoms with Crippen molar-refractivity contribution in [1.29, 1.82) is 0 Å². The number of halogens is 3. The lowest BCUT2D eigenvalue weighted by atomic mass is 10.1. The lowest BCUT2D eigenvalue weighted by molar-refractivity contribution is -0.139. The second-order valence-corrected chi connectivity index (χ2v) is 6.93. The van der Waals surface area contributed by atoms with Gasteiger partial charge in [0, 0.05) is 6.42 Å². The second kappa shape index (κ2) is 7.24. The van der Waals surface area contributed by atoms with Crippen molar-refractivity contribution in [3.8, 4) is 0 Å². The van der Waals surface area contributed by atoms with E-state index >= 15 is 0 Å². The van der Waals surface area contributed by atoms with Gasteiger partial charge in [-0.25, -0.2) is 13.1 Å². The first kappa shape index (κ1) is 18.9. The number of rotatable bonds is 6. The largest absolute Gasteiger partial charge is 0.417 e. The van der Waals surface area contributed by atoms with Gasteiger partial charge in [0.1, 0.15) is 0 Å². The Balaban J connectivity index is 2.44. The van der Waals surface area contributed by atoms with Crippen LogP contribution in [0.25, 0.3) is 0 Å². The minimum Gasteiger partial charge on any atom is -0.370 e. The number of amides is 1. The van der Waals surface area contributed by atoms with Gasteiger partial charge in [-0.05, 0) is 17.7 Å². The monoisotopic (exact) mass is 372 g/mol. The Labute approximate surface area is 142 Å². The highest BCUT2D eigenvalue weighted by atomic mass is 32.2. The van der Waals surface area contributed by atoms with E-state index in [1.165, 1.54) is 6.07 Å². The van der Waals surface area contributed by atoms with Crippen LogP contribution in [0.2, 0.25) is 0 Å². The fourth-order valence-electron chi connectivity index (χ4n) is 2.30. The van der Waals surface area contributed by atoms with Crippen LogP contribution in [0.4, 0.5) is 13.2 Å².